The lowest BCUT2D eigenvalue weighted by atomic mass is 10.0. The molecular formula is C20H30F3N3O. The van der Waals surface area contributed by atoms with Crippen molar-refractivity contribution in [1.82, 2.24) is 15.5 Å². The second-order valence-corrected chi connectivity index (χ2v) is 7.06. The highest BCUT2D eigenvalue weighted by Crippen LogP contribution is 2.30. The van der Waals surface area contributed by atoms with Gasteiger partial charge >= 0.3 is 6.18 Å². The molecule has 2 rings (SSSR count). The number of alkyl halides is 3. The Hall–Kier alpha value is -1.60. The second kappa shape index (κ2) is 10.1. The van der Waals surface area contributed by atoms with Crippen molar-refractivity contribution in [3.8, 4) is 0 Å². The van der Waals surface area contributed by atoms with Crippen LogP contribution < -0.4 is 10.6 Å². The van der Waals surface area contributed by atoms with E-state index in [9.17, 15) is 18.0 Å². The molecule has 27 heavy (non-hydrogen) atoms. The maximum Gasteiger partial charge on any atom is 0.416 e. The highest BCUT2D eigenvalue weighted by molar-refractivity contribution is 5.75. The van der Waals surface area contributed by atoms with Gasteiger partial charge in [-0.25, -0.2) is 0 Å². The average Bonchev–Trinajstić information content (AvgIpc) is 3.16. The molecule has 1 amide bonds. The van der Waals surface area contributed by atoms with Gasteiger partial charge in [-0.15, -0.1) is 0 Å². The fraction of sp³-hybridized carbons (Fsp3) is 0.650. The summed E-state index contributed by atoms with van der Waals surface area (Å²) in [5.74, 6) is 0.565. The Morgan fingerprint density at radius 3 is 2.44 bits per heavy atom. The number of rotatable bonds is 9. The molecule has 0 bridgehead atoms. The summed E-state index contributed by atoms with van der Waals surface area (Å²) in [6, 6.07) is 5.12. The Morgan fingerprint density at radius 2 is 1.93 bits per heavy atom. The summed E-state index contributed by atoms with van der Waals surface area (Å²) in [5.41, 5.74) is 0.130. The van der Waals surface area contributed by atoms with Crippen molar-refractivity contribution in [2.75, 3.05) is 32.7 Å². The van der Waals surface area contributed by atoms with E-state index in [2.05, 4.69) is 15.5 Å². The number of benzene rings is 1. The molecule has 0 spiro atoms. The standard InChI is InChI=1S/C20H30F3N3O/c1-3-26(4-2)18(16-6-8-17(9-7-16)20(21,22)23)14-25-19(27)10-5-15-11-12-24-13-15/h6-9,15,18,24H,3-5,10-14H2,1-2H3,(H,25,27). The van der Waals surface area contributed by atoms with Crippen LogP contribution in [0.5, 0.6) is 0 Å². The molecule has 1 aromatic carbocycles. The Balaban J connectivity index is 1.98. The van der Waals surface area contributed by atoms with Crippen molar-refractivity contribution in [2.45, 2.75) is 45.3 Å². The summed E-state index contributed by atoms with van der Waals surface area (Å²) < 4.78 is 38.4. The van der Waals surface area contributed by atoms with Crippen molar-refractivity contribution < 1.29 is 18.0 Å². The third-order valence-corrected chi connectivity index (χ3v) is 5.31. The van der Waals surface area contributed by atoms with Crippen LogP contribution in [0.3, 0.4) is 0 Å². The Labute approximate surface area is 159 Å². The van der Waals surface area contributed by atoms with Crippen LogP contribution in [0.4, 0.5) is 13.2 Å². The molecule has 0 radical (unpaired) electrons. The largest absolute Gasteiger partial charge is 0.416 e. The Bertz CT molecular complexity index is 579. The van der Waals surface area contributed by atoms with Crippen molar-refractivity contribution in [3.63, 3.8) is 0 Å². The SMILES string of the molecule is CCN(CC)C(CNC(=O)CCC1CCNC1)c1ccc(C(F)(F)F)cc1. The van der Waals surface area contributed by atoms with E-state index in [1.807, 2.05) is 13.8 Å². The zero-order chi connectivity index (χ0) is 19.9. The summed E-state index contributed by atoms with van der Waals surface area (Å²) in [4.78, 5) is 14.4. The molecule has 1 heterocycles. The van der Waals surface area contributed by atoms with Gasteiger partial charge in [0, 0.05) is 13.0 Å². The molecule has 2 unspecified atom stereocenters. The van der Waals surface area contributed by atoms with Crippen LogP contribution in [0.15, 0.2) is 24.3 Å². The smallest absolute Gasteiger partial charge is 0.354 e. The van der Waals surface area contributed by atoms with Gasteiger partial charge in [0.25, 0.3) is 0 Å². The molecule has 1 aromatic rings. The predicted molar refractivity (Wildman–Crippen MR) is 100 cm³/mol. The molecule has 0 saturated carbocycles. The van der Waals surface area contributed by atoms with Gasteiger partial charge in [-0.3, -0.25) is 9.69 Å². The first-order valence-corrected chi connectivity index (χ1v) is 9.73. The molecule has 4 nitrogen and oxygen atoms in total. The number of amides is 1. The first-order chi connectivity index (χ1) is 12.8. The number of hydrogen-bond acceptors (Lipinski definition) is 3. The van der Waals surface area contributed by atoms with E-state index in [0.717, 1.165) is 56.7 Å². The van der Waals surface area contributed by atoms with Crippen molar-refractivity contribution in [1.29, 1.82) is 0 Å². The summed E-state index contributed by atoms with van der Waals surface area (Å²) in [6.07, 6.45) is -1.87. The molecule has 1 saturated heterocycles. The molecule has 2 N–H and O–H groups in total. The normalized spacial score (nSPS) is 18.7. The minimum atomic E-state index is -4.34. The van der Waals surface area contributed by atoms with Gasteiger partial charge in [0.15, 0.2) is 0 Å². The van der Waals surface area contributed by atoms with Crippen LogP contribution in [0.1, 0.15) is 50.3 Å². The third-order valence-electron chi connectivity index (χ3n) is 5.31. The van der Waals surface area contributed by atoms with E-state index in [0.29, 0.717) is 18.9 Å². The zero-order valence-corrected chi connectivity index (χ0v) is 16.1. The maximum absolute atomic E-state index is 12.8. The van der Waals surface area contributed by atoms with Gasteiger partial charge in [-0.2, -0.15) is 13.2 Å². The number of hydrogen-bond donors (Lipinski definition) is 2. The first-order valence-electron chi connectivity index (χ1n) is 9.73. The number of halogens is 3. The van der Waals surface area contributed by atoms with Crippen molar-refractivity contribution in [3.05, 3.63) is 35.4 Å². The quantitative estimate of drug-likeness (QED) is 0.683. The first kappa shape index (κ1) is 21.7. The van der Waals surface area contributed by atoms with Crippen LogP contribution >= 0.6 is 0 Å². The van der Waals surface area contributed by atoms with Gasteiger partial charge in [0.1, 0.15) is 0 Å². The van der Waals surface area contributed by atoms with Gasteiger partial charge in [-0.05, 0) is 62.6 Å². The minimum absolute atomic E-state index is 0.00553. The van der Waals surface area contributed by atoms with Crippen LogP contribution in [-0.2, 0) is 11.0 Å². The molecule has 1 aliphatic rings. The number of nitrogens with zero attached hydrogens (tertiary/aromatic N) is 1. The van der Waals surface area contributed by atoms with Crippen LogP contribution in [0.2, 0.25) is 0 Å². The highest BCUT2D eigenvalue weighted by Gasteiger charge is 2.30. The molecule has 1 aliphatic heterocycles. The van der Waals surface area contributed by atoms with Gasteiger partial charge < -0.3 is 10.6 Å². The van der Waals surface area contributed by atoms with Gasteiger partial charge in [0.2, 0.25) is 5.91 Å². The lowest BCUT2D eigenvalue weighted by Gasteiger charge is -2.30. The van der Waals surface area contributed by atoms with Crippen LogP contribution in [0.25, 0.3) is 0 Å². The Morgan fingerprint density at radius 1 is 1.26 bits per heavy atom. The lowest BCUT2D eigenvalue weighted by molar-refractivity contribution is -0.137. The number of nitrogens with one attached hydrogen (secondary N) is 2. The zero-order valence-electron chi connectivity index (χ0n) is 16.1. The minimum Gasteiger partial charge on any atom is -0.354 e. The lowest BCUT2D eigenvalue weighted by Crippen LogP contribution is -2.38. The fourth-order valence-corrected chi connectivity index (χ4v) is 3.61. The monoisotopic (exact) mass is 385 g/mol. The molecular weight excluding hydrogens is 355 g/mol. The fourth-order valence-electron chi connectivity index (χ4n) is 3.61. The average molecular weight is 385 g/mol. The van der Waals surface area contributed by atoms with Crippen LogP contribution in [-0.4, -0.2) is 43.5 Å². The van der Waals surface area contributed by atoms with E-state index in [1.165, 1.54) is 12.1 Å². The molecule has 7 heteroatoms. The predicted octanol–water partition coefficient (Wildman–Crippen LogP) is 3.59. The van der Waals surface area contributed by atoms with Gasteiger partial charge in [-0.1, -0.05) is 26.0 Å². The molecule has 152 valence electrons. The molecule has 0 aromatic heterocycles. The number of carbonyl (C=O) groups is 1. The second-order valence-electron chi connectivity index (χ2n) is 7.06. The summed E-state index contributed by atoms with van der Waals surface area (Å²) in [5, 5.41) is 6.27. The van der Waals surface area contributed by atoms with Crippen LogP contribution in [0, 0.1) is 5.92 Å². The number of likely N-dealkylation sites (N-methyl/N-ethyl adjacent to an activating group) is 1. The van der Waals surface area contributed by atoms with E-state index in [-0.39, 0.29) is 11.9 Å². The summed E-state index contributed by atoms with van der Waals surface area (Å²) >= 11 is 0. The number of carbonyl (C=O) groups excluding carboxylic acids is 1. The molecule has 2 atom stereocenters. The van der Waals surface area contributed by atoms with Crippen molar-refractivity contribution >= 4 is 5.91 Å². The van der Waals surface area contributed by atoms with E-state index in [1.54, 1.807) is 0 Å². The third kappa shape index (κ3) is 6.50. The molecule has 0 aliphatic carbocycles. The summed E-state index contributed by atoms with van der Waals surface area (Å²) in [7, 11) is 0. The van der Waals surface area contributed by atoms with Crippen molar-refractivity contribution in [2.24, 2.45) is 5.92 Å². The van der Waals surface area contributed by atoms with E-state index >= 15 is 0 Å². The van der Waals surface area contributed by atoms with E-state index in [4.69, 9.17) is 0 Å². The Kier molecular flexibility index (Phi) is 8.10. The topological polar surface area (TPSA) is 44.4 Å². The maximum atomic E-state index is 12.8. The van der Waals surface area contributed by atoms with Gasteiger partial charge in [0.05, 0.1) is 11.6 Å². The highest BCUT2D eigenvalue weighted by atomic mass is 19.4. The summed E-state index contributed by atoms with van der Waals surface area (Å²) in [6.45, 7) is 7.92. The molecule has 1 fully saturated rings. The van der Waals surface area contributed by atoms with E-state index < -0.39 is 11.7 Å².